The number of ether oxygens (including phenoxy) is 3. The number of carbonyl (C=O) groups is 3. The highest BCUT2D eigenvalue weighted by atomic mass is 79.9. The summed E-state index contributed by atoms with van der Waals surface area (Å²) in [6, 6.07) is 0. The smallest absolute Gasteiger partial charge is 0.307 e. The van der Waals surface area contributed by atoms with Gasteiger partial charge in [0.2, 0.25) is 0 Å². The second-order valence-electron chi connectivity index (χ2n) is 4.45. The average Bonchev–Trinajstić information content (AvgIpc) is 2.53. The molecule has 0 spiro atoms. The highest BCUT2D eigenvalue weighted by Gasteiger charge is 2.09. The minimum Gasteiger partial charge on any atom is -0.469 e. The molecular formula is C15H24BrNO6. The molecule has 1 N–H and O–H groups in total. The van der Waals surface area contributed by atoms with E-state index in [0.717, 1.165) is 0 Å². The predicted molar refractivity (Wildman–Crippen MR) is 88.2 cm³/mol. The molecule has 0 fully saturated rings. The maximum absolute atomic E-state index is 11.7. The summed E-state index contributed by atoms with van der Waals surface area (Å²) in [5.41, 5.74) is 0. The third kappa shape index (κ3) is 12.9. The first-order valence-corrected chi connectivity index (χ1v) is 8.21. The maximum atomic E-state index is 11.7. The van der Waals surface area contributed by atoms with Crippen molar-refractivity contribution in [1.82, 2.24) is 5.32 Å². The third-order valence-electron chi connectivity index (χ3n) is 2.63. The minimum absolute atomic E-state index is 0.0789. The van der Waals surface area contributed by atoms with Gasteiger partial charge in [-0.1, -0.05) is 0 Å². The Morgan fingerprint density at radius 1 is 1.09 bits per heavy atom. The lowest BCUT2D eigenvalue weighted by Gasteiger charge is -2.04. The largest absolute Gasteiger partial charge is 0.469 e. The Morgan fingerprint density at radius 2 is 1.78 bits per heavy atom. The fourth-order valence-electron chi connectivity index (χ4n) is 1.46. The number of ketones is 1. The molecule has 0 aliphatic heterocycles. The van der Waals surface area contributed by atoms with E-state index in [1.54, 1.807) is 0 Å². The zero-order valence-electron chi connectivity index (χ0n) is 13.6. The van der Waals surface area contributed by atoms with Crippen LogP contribution in [0.1, 0.15) is 26.2 Å². The van der Waals surface area contributed by atoms with Crippen LogP contribution in [0.25, 0.3) is 0 Å². The summed E-state index contributed by atoms with van der Waals surface area (Å²) in [4.78, 5) is 34.2. The van der Waals surface area contributed by atoms with E-state index in [1.807, 2.05) is 6.92 Å². The van der Waals surface area contributed by atoms with Crippen molar-refractivity contribution in [2.24, 2.45) is 0 Å². The van der Waals surface area contributed by atoms with Crippen LogP contribution in [0.15, 0.2) is 10.6 Å². The molecule has 0 aliphatic carbocycles. The zero-order valence-corrected chi connectivity index (χ0v) is 15.1. The Labute approximate surface area is 144 Å². The molecule has 1 amide bonds. The zero-order chi connectivity index (χ0) is 17.5. The lowest BCUT2D eigenvalue weighted by molar-refractivity contribution is -0.140. The molecule has 0 unspecified atom stereocenters. The number of carbonyl (C=O) groups excluding carboxylic acids is 3. The van der Waals surface area contributed by atoms with Crippen molar-refractivity contribution in [3.63, 3.8) is 0 Å². The lowest BCUT2D eigenvalue weighted by Crippen LogP contribution is -2.26. The van der Waals surface area contributed by atoms with Crippen molar-refractivity contribution in [3.05, 3.63) is 10.6 Å². The molecular weight excluding hydrogens is 370 g/mol. The van der Waals surface area contributed by atoms with Crippen molar-refractivity contribution in [2.45, 2.75) is 26.2 Å². The quantitative estimate of drug-likeness (QED) is 0.288. The van der Waals surface area contributed by atoms with Gasteiger partial charge in [0.1, 0.15) is 0 Å². The summed E-state index contributed by atoms with van der Waals surface area (Å²) < 4.78 is 15.0. The molecule has 0 saturated carbocycles. The van der Waals surface area contributed by atoms with Gasteiger partial charge in [0, 0.05) is 32.3 Å². The van der Waals surface area contributed by atoms with E-state index >= 15 is 0 Å². The molecule has 0 radical (unpaired) electrons. The van der Waals surface area contributed by atoms with E-state index in [0.29, 0.717) is 39.3 Å². The first-order valence-electron chi connectivity index (χ1n) is 7.41. The van der Waals surface area contributed by atoms with Gasteiger partial charge in [0.25, 0.3) is 5.91 Å². The Kier molecular flexibility index (Phi) is 13.6. The van der Waals surface area contributed by atoms with Gasteiger partial charge in [0.15, 0.2) is 5.78 Å². The summed E-state index contributed by atoms with van der Waals surface area (Å²) in [7, 11) is 1.28. The number of halogens is 1. The number of hydrogen-bond acceptors (Lipinski definition) is 6. The molecule has 0 aliphatic rings. The second kappa shape index (κ2) is 14.3. The van der Waals surface area contributed by atoms with Gasteiger partial charge in [-0.25, -0.2) is 0 Å². The first-order chi connectivity index (χ1) is 11.0. The molecule has 8 heteroatoms. The Morgan fingerprint density at radius 3 is 2.43 bits per heavy atom. The Bertz CT molecular complexity index is 411. The Hall–Kier alpha value is -1.25. The SMILES string of the molecule is CCOCCOCCCC(=O)/C=C(/Br)C(=O)NCCC(=O)OC. The standard InChI is InChI=1S/C15H24BrNO6/c1-3-22-9-10-23-8-4-5-12(18)11-13(16)15(20)17-7-6-14(19)21-2/h11H,3-10H2,1-2H3,(H,17,20)/b13-11+. The van der Waals surface area contributed by atoms with E-state index < -0.39 is 11.9 Å². The van der Waals surface area contributed by atoms with Crippen molar-refractivity contribution in [1.29, 1.82) is 0 Å². The average molecular weight is 394 g/mol. The molecule has 0 aromatic carbocycles. The molecule has 7 nitrogen and oxygen atoms in total. The summed E-state index contributed by atoms with van der Waals surface area (Å²) in [6.45, 7) is 4.23. The molecule has 132 valence electrons. The fourth-order valence-corrected chi connectivity index (χ4v) is 1.85. The van der Waals surface area contributed by atoms with Crippen LogP contribution in [0.3, 0.4) is 0 Å². The van der Waals surface area contributed by atoms with Crippen LogP contribution in [0.4, 0.5) is 0 Å². The summed E-state index contributed by atoms with van der Waals surface area (Å²) in [5, 5.41) is 2.50. The van der Waals surface area contributed by atoms with Gasteiger partial charge < -0.3 is 19.5 Å². The highest BCUT2D eigenvalue weighted by molar-refractivity contribution is 9.12. The fraction of sp³-hybridized carbons (Fsp3) is 0.667. The van der Waals surface area contributed by atoms with Crippen molar-refractivity contribution >= 4 is 33.6 Å². The number of hydrogen-bond donors (Lipinski definition) is 1. The van der Waals surface area contributed by atoms with E-state index in [9.17, 15) is 14.4 Å². The Balaban J connectivity index is 3.84. The molecule has 23 heavy (non-hydrogen) atoms. The van der Waals surface area contributed by atoms with Gasteiger partial charge in [0.05, 0.1) is 31.2 Å². The number of esters is 1. The topological polar surface area (TPSA) is 90.9 Å². The normalized spacial score (nSPS) is 11.2. The molecule has 0 atom stereocenters. The number of nitrogens with one attached hydrogen (secondary N) is 1. The highest BCUT2D eigenvalue weighted by Crippen LogP contribution is 2.06. The van der Waals surface area contributed by atoms with Crippen molar-refractivity contribution in [2.75, 3.05) is 40.1 Å². The summed E-state index contributed by atoms with van der Waals surface area (Å²) >= 11 is 3.04. The van der Waals surface area contributed by atoms with Crippen LogP contribution in [-0.2, 0) is 28.6 Å². The number of methoxy groups -OCH3 is 1. The van der Waals surface area contributed by atoms with E-state index in [-0.39, 0.29) is 23.2 Å². The summed E-state index contributed by atoms with van der Waals surface area (Å²) in [6.07, 6.45) is 2.17. The number of amides is 1. The van der Waals surface area contributed by atoms with Gasteiger partial charge in [-0.15, -0.1) is 0 Å². The monoisotopic (exact) mass is 393 g/mol. The predicted octanol–water partition coefficient (Wildman–Crippen LogP) is 1.35. The van der Waals surface area contributed by atoms with Gasteiger partial charge >= 0.3 is 5.97 Å². The molecule has 0 aromatic heterocycles. The van der Waals surface area contributed by atoms with E-state index in [1.165, 1.54) is 13.2 Å². The maximum Gasteiger partial charge on any atom is 0.307 e. The van der Waals surface area contributed by atoms with Crippen LogP contribution < -0.4 is 5.32 Å². The third-order valence-corrected chi connectivity index (χ3v) is 3.22. The minimum atomic E-state index is -0.449. The van der Waals surface area contributed by atoms with Gasteiger partial charge in [-0.3, -0.25) is 14.4 Å². The van der Waals surface area contributed by atoms with Crippen LogP contribution in [0, 0.1) is 0 Å². The second-order valence-corrected chi connectivity index (χ2v) is 5.31. The van der Waals surface area contributed by atoms with Crippen LogP contribution in [0.5, 0.6) is 0 Å². The van der Waals surface area contributed by atoms with Gasteiger partial charge in [-0.05, 0) is 29.3 Å². The van der Waals surface area contributed by atoms with Gasteiger partial charge in [-0.2, -0.15) is 0 Å². The molecule has 0 aromatic rings. The van der Waals surface area contributed by atoms with Crippen LogP contribution >= 0.6 is 15.9 Å². The number of rotatable bonds is 13. The van der Waals surface area contributed by atoms with E-state index in [4.69, 9.17) is 9.47 Å². The van der Waals surface area contributed by atoms with Crippen LogP contribution in [0.2, 0.25) is 0 Å². The molecule has 0 heterocycles. The molecule has 0 bridgehead atoms. The van der Waals surface area contributed by atoms with E-state index in [2.05, 4.69) is 26.0 Å². The van der Waals surface area contributed by atoms with Crippen molar-refractivity contribution in [3.8, 4) is 0 Å². The molecule has 0 rings (SSSR count). The van der Waals surface area contributed by atoms with Crippen LogP contribution in [-0.4, -0.2) is 57.7 Å². The number of allylic oxidation sites excluding steroid dienone is 1. The molecule has 0 saturated heterocycles. The lowest BCUT2D eigenvalue weighted by atomic mass is 10.2. The first kappa shape index (κ1) is 21.8. The summed E-state index contributed by atoms with van der Waals surface area (Å²) in [5.74, 6) is -1.03. The van der Waals surface area contributed by atoms with Crippen molar-refractivity contribution < 1.29 is 28.6 Å².